The Labute approximate surface area is 97.9 Å². The Morgan fingerprint density at radius 1 is 1.25 bits per heavy atom. The maximum Gasteiger partial charge on any atom is 0.261 e. The number of nitrogens with zero attached hydrogens (tertiary/aromatic N) is 2. The van der Waals surface area contributed by atoms with E-state index >= 15 is 0 Å². The predicted octanol–water partition coefficient (Wildman–Crippen LogP) is 2.01. The third-order valence-electron chi connectivity index (χ3n) is 2.14. The van der Waals surface area contributed by atoms with Crippen LogP contribution in [0.5, 0.6) is 0 Å². The van der Waals surface area contributed by atoms with E-state index in [1.54, 1.807) is 42.2 Å². The molecule has 1 heterocycles. The van der Waals surface area contributed by atoms with Crippen molar-refractivity contribution in [1.29, 1.82) is 0 Å². The third-order valence-corrected chi connectivity index (χ3v) is 3.52. The summed E-state index contributed by atoms with van der Waals surface area (Å²) in [5, 5.41) is 4.15. The highest BCUT2D eigenvalue weighted by Crippen LogP contribution is 2.27. The molecular formula is C10H9ClN2O2S. The molecule has 0 N–H and O–H groups in total. The van der Waals surface area contributed by atoms with Gasteiger partial charge < -0.3 is 0 Å². The van der Waals surface area contributed by atoms with Crippen molar-refractivity contribution in [1.82, 2.24) is 9.78 Å². The zero-order valence-electron chi connectivity index (χ0n) is 8.46. The standard InChI is InChI=1S/C10H9ClN2O2S/c1-13-7-6-9(12-13)8-4-2-3-5-10(8)16(11,14)15/h2-7H,1H3. The average Bonchev–Trinajstić information content (AvgIpc) is 2.64. The third kappa shape index (κ3) is 2.10. The van der Waals surface area contributed by atoms with Crippen molar-refractivity contribution in [3.63, 3.8) is 0 Å². The van der Waals surface area contributed by atoms with E-state index in [1.165, 1.54) is 6.07 Å². The van der Waals surface area contributed by atoms with Gasteiger partial charge >= 0.3 is 0 Å². The molecule has 0 radical (unpaired) electrons. The van der Waals surface area contributed by atoms with Crippen LogP contribution in [-0.2, 0) is 16.1 Å². The van der Waals surface area contributed by atoms with Crippen LogP contribution in [0, 0.1) is 0 Å². The van der Waals surface area contributed by atoms with Crippen molar-refractivity contribution in [3.05, 3.63) is 36.5 Å². The fourth-order valence-electron chi connectivity index (χ4n) is 1.45. The van der Waals surface area contributed by atoms with Gasteiger partial charge in [0, 0.05) is 29.5 Å². The fourth-order valence-corrected chi connectivity index (χ4v) is 2.53. The topological polar surface area (TPSA) is 52.0 Å². The minimum absolute atomic E-state index is 0.0790. The summed E-state index contributed by atoms with van der Waals surface area (Å²) in [6, 6.07) is 8.25. The Balaban J connectivity index is 2.66. The minimum atomic E-state index is -3.75. The van der Waals surface area contributed by atoms with E-state index in [1.807, 2.05) is 0 Å². The molecule has 84 valence electrons. The van der Waals surface area contributed by atoms with Gasteiger partial charge in [-0.2, -0.15) is 5.10 Å². The summed E-state index contributed by atoms with van der Waals surface area (Å²) in [4.78, 5) is 0.0790. The lowest BCUT2D eigenvalue weighted by molar-refractivity contribution is 0.610. The highest BCUT2D eigenvalue weighted by molar-refractivity contribution is 8.13. The highest BCUT2D eigenvalue weighted by Gasteiger charge is 2.17. The lowest BCUT2D eigenvalue weighted by atomic mass is 10.1. The molecular weight excluding hydrogens is 248 g/mol. The minimum Gasteiger partial charge on any atom is -0.275 e. The molecule has 0 saturated heterocycles. The molecule has 0 unspecified atom stereocenters. The van der Waals surface area contributed by atoms with E-state index in [2.05, 4.69) is 5.10 Å². The van der Waals surface area contributed by atoms with Gasteiger partial charge in [-0.3, -0.25) is 4.68 Å². The van der Waals surface area contributed by atoms with Crippen LogP contribution >= 0.6 is 10.7 Å². The normalized spacial score (nSPS) is 11.6. The first-order valence-corrected chi connectivity index (χ1v) is 6.83. The van der Waals surface area contributed by atoms with Crippen molar-refractivity contribution >= 4 is 19.7 Å². The quantitative estimate of drug-likeness (QED) is 0.773. The van der Waals surface area contributed by atoms with Gasteiger partial charge in [0.05, 0.1) is 10.6 Å². The van der Waals surface area contributed by atoms with E-state index in [0.29, 0.717) is 11.3 Å². The van der Waals surface area contributed by atoms with Gasteiger partial charge in [0.1, 0.15) is 0 Å². The van der Waals surface area contributed by atoms with Crippen molar-refractivity contribution in [2.45, 2.75) is 4.90 Å². The van der Waals surface area contributed by atoms with E-state index in [9.17, 15) is 8.42 Å². The van der Waals surface area contributed by atoms with Crippen molar-refractivity contribution < 1.29 is 8.42 Å². The Bertz CT molecular complexity index is 619. The molecule has 0 spiro atoms. The number of hydrogen-bond acceptors (Lipinski definition) is 3. The lowest BCUT2D eigenvalue weighted by Gasteiger charge is -2.02. The van der Waals surface area contributed by atoms with Gasteiger partial charge in [-0.25, -0.2) is 8.42 Å². The zero-order valence-corrected chi connectivity index (χ0v) is 10.0. The largest absolute Gasteiger partial charge is 0.275 e. The first kappa shape index (κ1) is 11.2. The summed E-state index contributed by atoms with van der Waals surface area (Å²) in [7, 11) is 3.37. The molecule has 0 saturated carbocycles. The van der Waals surface area contributed by atoms with E-state index in [-0.39, 0.29) is 4.90 Å². The van der Waals surface area contributed by atoms with Crippen LogP contribution in [0.3, 0.4) is 0 Å². The summed E-state index contributed by atoms with van der Waals surface area (Å²) in [5.74, 6) is 0. The average molecular weight is 257 g/mol. The maximum absolute atomic E-state index is 11.4. The van der Waals surface area contributed by atoms with Gasteiger partial charge in [0.2, 0.25) is 0 Å². The number of aromatic nitrogens is 2. The molecule has 2 rings (SSSR count). The zero-order chi connectivity index (χ0) is 11.8. The van der Waals surface area contributed by atoms with Crippen LogP contribution in [0.4, 0.5) is 0 Å². The lowest BCUT2D eigenvalue weighted by Crippen LogP contribution is -1.95. The molecule has 6 heteroatoms. The molecule has 0 aliphatic rings. The SMILES string of the molecule is Cn1ccc(-c2ccccc2S(=O)(=O)Cl)n1. The molecule has 0 aliphatic carbocycles. The monoisotopic (exact) mass is 256 g/mol. The highest BCUT2D eigenvalue weighted by atomic mass is 35.7. The predicted molar refractivity (Wildman–Crippen MR) is 61.7 cm³/mol. The summed E-state index contributed by atoms with van der Waals surface area (Å²) in [5.41, 5.74) is 1.10. The molecule has 1 aromatic carbocycles. The van der Waals surface area contributed by atoms with E-state index in [0.717, 1.165) is 0 Å². The van der Waals surface area contributed by atoms with Crippen LogP contribution in [0.2, 0.25) is 0 Å². The first-order valence-electron chi connectivity index (χ1n) is 4.52. The van der Waals surface area contributed by atoms with Gasteiger partial charge in [-0.1, -0.05) is 18.2 Å². The van der Waals surface area contributed by atoms with Crippen LogP contribution < -0.4 is 0 Å². The van der Waals surface area contributed by atoms with E-state index in [4.69, 9.17) is 10.7 Å². The van der Waals surface area contributed by atoms with E-state index < -0.39 is 9.05 Å². The maximum atomic E-state index is 11.4. The first-order chi connectivity index (χ1) is 7.48. The molecule has 0 amide bonds. The summed E-state index contributed by atoms with van der Waals surface area (Å²) in [6.07, 6.45) is 1.74. The summed E-state index contributed by atoms with van der Waals surface area (Å²) < 4.78 is 24.3. The summed E-state index contributed by atoms with van der Waals surface area (Å²) in [6.45, 7) is 0. The Morgan fingerprint density at radius 2 is 1.94 bits per heavy atom. The van der Waals surface area contributed by atoms with Gasteiger partial charge in [-0.05, 0) is 12.1 Å². The second-order valence-electron chi connectivity index (χ2n) is 3.31. The van der Waals surface area contributed by atoms with Crippen molar-refractivity contribution in [2.24, 2.45) is 7.05 Å². The van der Waals surface area contributed by atoms with Crippen molar-refractivity contribution in [2.75, 3.05) is 0 Å². The molecule has 4 nitrogen and oxygen atoms in total. The number of hydrogen-bond donors (Lipinski definition) is 0. The molecule has 1 aromatic heterocycles. The number of halogens is 1. The second-order valence-corrected chi connectivity index (χ2v) is 5.84. The molecule has 0 fully saturated rings. The van der Waals surface area contributed by atoms with Crippen LogP contribution in [0.15, 0.2) is 41.4 Å². The van der Waals surface area contributed by atoms with Gasteiger partial charge in [0.15, 0.2) is 0 Å². The van der Waals surface area contributed by atoms with Crippen molar-refractivity contribution in [3.8, 4) is 11.3 Å². The smallest absolute Gasteiger partial charge is 0.261 e. The van der Waals surface area contributed by atoms with Crippen LogP contribution in [0.1, 0.15) is 0 Å². The fraction of sp³-hybridized carbons (Fsp3) is 0.100. The molecule has 16 heavy (non-hydrogen) atoms. The molecule has 0 aliphatic heterocycles. The molecule has 0 bridgehead atoms. The molecule has 2 aromatic rings. The molecule has 0 atom stereocenters. The Morgan fingerprint density at radius 3 is 2.50 bits per heavy atom. The van der Waals surface area contributed by atoms with Gasteiger partial charge in [0.25, 0.3) is 9.05 Å². The number of rotatable bonds is 2. The van der Waals surface area contributed by atoms with Crippen LogP contribution in [0.25, 0.3) is 11.3 Å². The summed E-state index contributed by atoms with van der Waals surface area (Å²) >= 11 is 0. The number of benzene rings is 1. The Kier molecular flexibility index (Phi) is 2.73. The van der Waals surface area contributed by atoms with Gasteiger partial charge in [-0.15, -0.1) is 0 Å². The second kappa shape index (κ2) is 3.92. The number of aryl methyl sites for hydroxylation is 1. The Hall–Kier alpha value is -1.33. The van der Waals surface area contributed by atoms with Crippen LogP contribution in [-0.4, -0.2) is 18.2 Å².